The number of carbonyl (C=O) groups excluding carboxylic acids is 1. The van der Waals surface area contributed by atoms with Gasteiger partial charge in [0.2, 0.25) is 10.0 Å². The largest absolute Gasteiger partial charge is 0.394 e. The summed E-state index contributed by atoms with van der Waals surface area (Å²) >= 11 is 0. The summed E-state index contributed by atoms with van der Waals surface area (Å²) in [5, 5.41) is 15.2. The van der Waals surface area contributed by atoms with Crippen LogP contribution in [0.15, 0.2) is 59.5 Å². The van der Waals surface area contributed by atoms with Crippen LogP contribution in [0.5, 0.6) is 0 Å². The molecule has 2 aromatic rings. The second kappa shape index (κ2) is 10.7. The highest BCUT2D eigenvalue weighted by Gasteiger charge is 2.32. The molecule has 168 valence electrons. The Hall–Kier alpha value is -2.53. The molecule has 0 saturated carbocycles. The highest BCUT2D eigenvalue weighted by atomic mass is 32.2. The Bertz CT molecular complexity index is 974. The number of carbonyl (C=O) groups is 1. The van der Waals surface area contributed by atoms with Crippen LogP contribution < -0.4 is 15.4 Å². The van der Waals surface area contributed by atoms with Gasteiger partial charge >= 0.3 is 6.03 Å². The fraction of sp³-hybridized carbons (Fsp3) is 0.381. The summed E-state index contributed by atoms with van der Waals surface area (Å²) in [6, 6.07) is 13.4. The van der Waals surface area contributed by atoms with E-state index in [0.717, 1.165) is 6.07 Å². The average molecular weight is 452 g/mol. The second-order valence-corrected chi connectivity index (χ2v) is 8.98. The first-order chi connectivity index (χ1) is 14.9. The van der Waals surface area contributed by atoms with Crippen LogP contribution in [0.25, 0.3) is 0 Å². The summed E-state index contributed by atoms with van der Waals surface area (Å²) in [7, 11) is -3.96. The van der Waals surface area contributed by atoms with E-state index in [1.54, 1.807) is 24.3 Å². The molecule has 0 radical (unpaired) electrons. The van der Waals surface area contributed by atoms with Gasteiger partial charge in [-0.25, -0.2) is 22.3 Å². The van der Waals surface area contributed by atoms with Crippen LogP contribution in [0.2, 0.25) is 0 Å². The minimum Gasteiger partial charge on any atom is -0.394 e. The zero-order valence-corrected chi connectivity index (χ0v) is 17.6. The lowest BCUT2D eigenvalue weighted by Crippen LogP contribution is -2.52. The molecule has 3 rings (SSSR count). The Morgan fingerprint density at radius 2 is 1.81 bits per heavy atom. The topological polar surface area (TPSA) is 117 Å². The van der Waals surface area contributed by atoms with Gasteiger partial charge in [-0.3, -0.25) is 0 Å². The number of aliphatic hydroxyl groups is 1. The van der Waals surface area contributed by atoms with Gasteiger partial charge in [0.15, 0.2) is 0 Å². The molecule has 0 bridgehead atoms. The molecule has 1 aliphatic heterocycles. The Morgan fingerprint density at radius 1 is 1.10 bits per heavy atom. The Balaban J connectivity index is 1.47. The number of aliphatic hydroxyl groups excluding tert-OH is 1. The van der Waals surface area contributed by atoms with Crippen molar-refractivity contribution >= 4 is 21.7 Å². The number of para-hydroxylation sites is 1. The van der Waals surface area contributed by atoms with E-state index < -0.39 is 32.9 Å². The van der Waals surface area contributed by atoms with Crippen LogP contribution >= 0.6 is 0 Å². The van der Waals surface area contributed by atoms with Gasteiger partial charge in [-0.1, -0.05) is 30.3 Å². The van der Waals surface area contributed by atoms with Crippen LogP contribution in [-0.4, -0.2) is 51.0 Å². The van der Waals surface area contributed by atoms with Crippen molar-refractivity contribution in [3.05, 3.63) is 60.4 Å². The molecular formula is C21H26FN3O5S. The van der Waals surface area contributed by atoms with Gasteiger partial charge in [-0.2, -0.15) is 0 Å². The molecule has 8 nitrogen and oxygen atoms in total. The van der Waals surface area contributed by atoms with E-state index in [9.17, 15) is 22.7 Å². The van der Waals surface area contributed by atoms with Crippen LogP contribution in [-0.2, 0) is 14.8 Å². The lowest BCUT2D eigenvalue weighted by atomic mass is 9.97. The molecule has 1 aliphatic rings. The number of urea groups is 1. The number of sulfonamides is 1. The van der Waals surface area contributed by atoms with Gasteiger partial charge in [0, 0.05) is 12.2 Å². The highest BCUT2D eigenvalue weighted by molar-refractivity contribution is 7.89. The summed E-state index contributed by atoms with van der Waals surface area (Å²) in [5.41, 5.74) is 0.650. The molecule has 31 heavy (non-hydrogen) atoms. The van der Waals surface area contributed by atoms with Crippen molar-refractivity contribution in [1.82, 2.24) is 10.0 Å². The van der Waals surface area contributed by atoms with Crippen molar-refractivity contribution in [3.63, 3.8) is 0 Å². The number of benzene rings is 2. The van der Waals surface area contributed by atoms with Crippen molar-refractivity contribution in [2.75, 3.05) is 18.5 Å². The number of hydrogen-bond donors (Lipinski definition) is 4. The van der Waals surface area contributed by atoms with E-state index in [4.69, 9.17) is 4.74 Å². The molecule has 0 unspecified atom stereocenters. The number of amides is 2. The fourth-order valence-electron chi connectivity index (χ4n) is 3.46. The SMILES string of the molecule is O=C(Nc1ccccc1)N[C@@H]1CC[C@H](CCNS(=O)(=O)c2ccccc2F)O[C@H]1CO. The van der Waals surface area contributed by atoms with E-state index in [1.165, 1.54) is 18.2 Å². The maximum absolute atomic E-state index is 13.7. The Labute approximate surface area is 180 Å². The lowest BCUT2D eigenvalue weighted by Gasteiger charge is -2.36. The maximum Gasteiger partial charge on any atom is 0.319 e. The van der Waals surface area contributed by atoms with Crippen LogP contribution in [0.1, 0.15) is 19.3 Å². The minimum atomic E-state index is -3.96. The lowest BCUT2D eigenvalue weighted by molar-refractivity contribution is -0.0884. The molecule has 1 heterocycles. The van der Waals surface area contributed by atoms with Gasteiger partial charge in [0.05, 0.1) is 18.8 Å². The normalized spacial score (nSPS) is 21.4. The zero-order chi connectivity index (χ0) is 22.3. The molecule has 1 saturated heterocycles. The minimum absolute atomic E-state index is 0.0616. The molecular weight excluding hydrogens is 425 g/mol. The number of ether oxygens (including phenoxy) is 1. The highest BCUT2D eigenvalue weighted by Crippen LogP contribution is 2.22. The van der Waals surface area contributed by atoms with E-state index in [-0.39, 0.29) is 25.3 Å². The number of anilines is 1. The molecule has 4 N–H and O–H groups in total. The van der Waals surface area contributed by atoms with Crippen molar-refractivity contribution in [2.24, 2.45) is 0 Å². The zero-order valence-electron chi connectivity index (χ0n) is 16.8. The summed E-state index contributed by atoms with van der Waals surface area (Å²) in [6.07, 6.45) is 0.596. The standard InChI is InChI=1S/C21H26FN3O5S/c22-17-8-4-5-9-20(17)31(28,29)23-13-12-16-10-11-18(19(14-26)30-16)25-21(27)24-15-6-2-1-3-7-15/h1-9,16,18-19,23,26H,10-14H2,(H2,24,25,27)/t16-,18-,19+/m1/s1. The van der Waals surface area contributed by atoms with Gasteiger partial charge in [0.1, 0.15) is 16.8 Å². The van der Waals surface area contributed by atoms with Crippen molar-refractivity contribution in [2.45, 2.75) is 42.4 Å². The molecule has 0 spiro atoms. The van der Waals surface area contributed by atoms with E-state index in [0.29, 0.717) is 24.9 Å². The molecule has 1 fully saturated rings. The summed E-state index contributed by atoms with van der Waals surface area (Å²) < 4.78 is 46.5. The predicted molar refractivity (Wildman–Crippen MR) is 114 cm³/mol. The first-order valence-electron chi connectivity index (χ1n) is 10.0. The van der Waals surface area contributed by atoms with Crippen molar-refractivity contribution in [1.29, 1.82) is 0 Å². The van der Waals surface area contributed by atoms with Crippen molar-refractivity contribution < 1.29 is 27.4 Å². The summed E-state index contributed by atoms with van der Waals surface area (Å²) in [4.78, 5) is 11.8. The number of nitrogens with one attached hydrogen (secondary N) is 3. The van der Waals surface area contributed by atoms with Gasteiger partial charge < -0.3 is 20.5 Å². The van der Waals surface area contributed by atoms with Gasteiger partial charge in [-0.15, -0.1) is 0 Å². The third-order valence-corrected chi connectivity index (χ3v) is 6.52. The first-order valence-corrected chi connectivity index (χ1v) is 11.5. The number of hydrogen-bond acceptors (Lipinski definition) is 5. The third kappa shape index (κ3) is 6.47. The third-order valence-electron chi connectivity index (χ3n) is 5.03. The molecule has 3 atom stereocenters. The molecule has 0 aromatic heterocycles. The molecule has 0 aliphatic carbocycles. The molecule has 2 aromatic carbocycles. The average Bonchev–Trinajstić information content (AvgIpc) is 2.75. The maximum atomic E-state index is 13.7. The Kier molecular flexibility index (Phi) is 7.97. The smallest absolute Gasteiger partial charge is 0.319 e. The van der Waals surface area contributed by atoms with Gasteiger partial charge in [0.25, 0.3) is 0 Å². The number of halogens is 1. The molecule has 2 amide bonds. The van der Waals surface area contributed by atoms with Crippen LogP contribution in [0, 0.1) is 5.82 Å². The van der Waals surface area contributed by atoms with Crippen LogP contribution in [0.3, 0.4) is 0 Å². The van der Waals surface area contributed by atoms with E-state index in [1.807, 2.05) is 6.07 Å². The van der Waals surface area contributed by atoms with Crippen LogP contribution in [0.4, 0.5) is 14.9 Å². The van der Waals surface area contributed by atoms with E-state index in [2.05, 4.69) is 15.4 Å². The quantitative estimate of drug-likeness (QED) is 0.491. The fourth-order valence-corrected chi connectivity index (χ4v) is 4.59. The van der Waals surface area contributed by atoms with Gasteiger partial charge in [-0.05, 0) is 43.5 Å². The number of rotatable bonds is 8. The summed E-state index contributed by atoms with van der Waals surface area (Å²) in [6.45, 7) is -0.222. The first kappa shape index (κ1) is 23.1. The molecule has 10 heteroatoms. The monoisotopic (exact) mass is 451 g/mol. The van der Waals surface area contributed by atoms with Crippen molar-refractivity contribution in [3.8, 4) is 0 Å². The Morgan fingerprint density at radius 3 is 2.52 bits per heavy atom. The predicted octanol–water partition coefficient (Wildman–Crippen LogP) is 2.22. The van der Waals surface area contributed by atoms with E-state index >= 15 is 0 Å². The summed E-state index contributed by atoms with van der Waals surface area (Å²) in [5.74, 6) is -0.813. The second-order valence-electron chi connectivity index (χ2n) is 7.24.